The molecule has 0 radical (unpaired) electrons. The summed E-state index contributed by atoms with van der Waals surface area (Å²) >= 11 is 9.82. The van der Waals surface area contributed by atoms with Crippen molar-refractivity contribution in [1.82, 2.24) is 5.32 Å². The van der Waals surface area contributed by atoms with E-state index in [2.05, 4.69) is 21.2 Å². The molecule has 3 rings (SSSR count). The van der Waals surface area contributed by atoms with Gasteiger partial charge in [-0.3, -0.25) is 4.79 Å². The van der Waals surface area contributed by atoms with E-state index in [4.69, 9.17) is 16.0 Å². The number of benzene rings is 1. The highest BCUT2D eigenvalue weighted by molar-refractivity contribution is 9.10. The fourth-order valence-electron chi connectivity index (χ4n) is 2.42. The zero-order valence-electron chi connectivity index (χ0n) is 10.7. The van der Waals surface area contributed by atoms with Crippen molar-refractivity contribution >= 4 is 33.4 Å². The number of alkyl halides is 1. The number of furan rings is 1. The second-order valence-electron chi connectivity index (χ2n) is 4.79. The molecule has 20 heavy (non-hydrogen) atoms. The summed E-state index contributed by atoms with van der Waals surface area (Å²) in [6.07, 6.45) is 3.47. The predicted molar refractivity (Wildman–Crippen MR) is 81.2 cm³/mol. The minimum absolute atomic E-state index is 0.0190. The Morgan fingerprint density at radius 2 is 2.20 bits per heavy atom. The van der Waals surface area contributed by atoms with Gasteiger partial charge in [0.1, 0.15) is 0 Å². The maximum Gasteiger partial charge on any atom is 0.251 e. The van der Waals surface area contributed by atoms with Crippen LogP contribution in [0.3, 0.4) is 0 Å². The Kier molecular flexibility index (Phi) is 3.85. The average Bonchev–Trinajstić information content (AvgIpc) is 2.79. The summed E-state index contributed by atoms with van der Waals surface area (Å²) in [6, 6.07) is 7.69. The molecule has 104 valence electrons. The van der Waals surface area contributed by atoms with E-state index in [9.17, 15) is 4.79 Å². The molecular formula is C15H13BrClNO2. The Bertz CT molecular complexity index is 653. The van der Waals surface area contributed by atoms with Crippen molar-refractivity contribution in [1.29, 1.82) is 0 Å². The lowest BCUT2D eigenvalue weighted by molar-refractivity contribution is 0.0956. The number of hydrogen-bond acceptors (Lipinski definition) is 2. The third-order valence-electron chi connectivity index (χ3n) is 3.50. The lowest BCUT2D eigenvalue weighted by Crippen LogP contribution is -2.22. The Labute approximate surface area is 130 Å². The SMILES string of the molecule is O=C1NCCCc2ccc(C(Cl)c3ccoc3Br)cc21. The highest BCUT2D eigenvalue weighted by Crippen LogP contribution is 2.35. The number of hydrogen-bond donors (Lipinski definition) is 1. The van der Waals surface area contributed by atoms with E-state index >= 15 is 0 Å². The minimum atomic E-state index is -0.343. The van der Waals surface area contributed by atoms with E-state index in [0.717, 1.165) is 41.6 Å². The van der Waals surface area contributed by atoms with Gasteiger partial charge >= 0.3 is 0 Å². The fraction of sp³-hybridized carbons (Fsp3) is 0.267. The summed E-state index contributed by atoms with van der Waals surface area (Å²) in [4.78, 5) is 12.1. The van der Waals surface area contributed by atoms with Crippen molar-refractivity contribution in [2.24, 2.45) is 0 Å². The smallest absolute Gasteiger partial charge is 0.251 e. The molecule has 1 amide bonds. The minimum Gasteiger partial charge on any atom is -0.457 e. The molecule has 1 aliphatic heterocycles. The number of aryl methyl sites for hydroxylation is 1. The van der Waals surface area contributed by atoms with Crippen LogP contribution in [-0.4, -0.2) is 12.5 Å². The molecule has 0 bridgehead atoms. The first-order chi connectivity index (χ1) is 9.66. The molecule has 0 fully saturated rings. The Morgan fingerprint density at radius 3 is 2.95 bits per heavy atom. The molecule has 1 unspecified atom stereocenters. The van der Waals surface area contributed by atoms with Gasteiger partial charge in [0, 0.05) is 17.7 Å². The van der Waals surface area contributed by atoms with Gasteiger partial charge in [-0.15, -0.1) is 11.6 Å². The van der Waals surface area contributed by atoms with Crippen LogP contribution in [0.4, 0.5) is 0 Å². The first-order valence-corrected chi connectivity index (χ1v) is 7.68. The van der Waals surface area contributed by atoms with Crippen molar-refractivity contribution in [2.45, 2.75) is 18.2 Å². The molecule has 2 aromatic rings. The maximum atomic E-state index is 12.1. The van der Waals surface area contributed by atoms with Crippen LogP contribution in [0.5, 0.6) is 0 Å². The molecule has 3 nitrogen and oxygen atoms in total. The van der Waals surface area contributed by atoms with Gasteiger partial charge in [-0.1, -0.05) is 12.1 Å². The molecule has 1 aromatic carbocycles. The number of carbonyl (C=O) groups is 1. The Balaban J connectivity index is 2.00. The van der Waals surface area contributed by atoms with Crippen molar-refractivity contribution < 1.29 is 9.21 Å². The monoisotopic (exact) mass is 353 g/mol. The number of halogens is 2. The van der Waals surface area contributed by atoms with Crippen LogP contribution in [0.2, 0.25) is 0 Å². The van der Waals surface area contributed by atoms with E-state index in [1.165, 1.54) is 0 Å². The van der Waals surface area contributed by atoms with E-state index in [1.807, 2.05) is 24.3 Å². The number of fused-ring (bicyclic) bond motifs is 1. The average molecular weight is 355 g/mol. The van der Waals surface area contributed by atoms with Crippen LogP contribution in [0.25, 0.3) is 0 Å². The molecule has 5 heteroatoms. The van der Waals surface area contributed by atoms with E-state index in [-0.39, 0.29) is 11.3 Å². The summed E-state index contributed by atoms with van der Waals surface area (Å²) in [5, 5.41) is 2.56. The third kappa shape index (κ3) is 2.50. The number of nitrogens with one attached hydrogen (secondary N) is 1. The van der Waals surface area contributed by atoms with Crippen LogP contribution >= 0.6 is 27.5 Å². The second kappa shape index (κ2) is 5.62. The first-order valence-electron chi connectivity index (χ1n) is 6.45. The molecule has 0 spiro atoms. The summed E-state index contributed by atoms with van der Waals surface area (Å²) in [6.45, 7) is 0.723. The van der Waals surface area contributed by atoms with Crippen LogP contribution < -0.4 is 5.32 Å². The molecular weight excluding hydrogens is 342 g/mol. The van der Waals surface area contributed by atoms with Gasteiger partial charge in [0.15, 0.2) is 4.67 Å². The van der Waals surface area contributed by atoms with Crippen molar-refractivity contribution in [3.05, 3.63) is 57.5 Å². The van der Waals surface area contributed by atoms with Crippen LogP contribution in [0.1, 0.15) is 38.8 Å². The largest absolute Gasteiger partial charge is 0.457 e. The lowest BCUT2D eigenvalue weighted by atomic mass is 9.98. The summed E-state index contributed by atoms with van der Waals surface area (Å²) < 4.78 is 5.84. The van der Waals surface area contributed by atoms with E-state index < -0.39 is 0 Å². The summed E-state index contributed by atoms with van der Waals surface area (Å²) in [5.74, 6) is -0.0190. The quantitative estimate of drug-likeness (QED) is 0.827. The van der Waals surface area contributed by atoms with Crippen LogP contribution in [-0.2, 0) is 6.42 Å². The molecule has 0 saturated carbocycles. The second-order valence-corrected chi connectivity index (χ2v) is 5.94. The van der Waals surface area contributed by atoms with Gasteiger partial charge in [0.05, 0.1) is 11.6 Å². The Morgan fingerprint density at radius 1 is 1.35 bits per heavy atom. The van der Waals surface area contributed by atoms with Gasteiger partial charge in [0.25, 0.3) is 5.91 Å². The van der Waals surface area contributed by atoms with Gasteiger partial charge in [-0.05, 0) is 52.0 Å². The number of carbonyl (C=O) groups excluding carboxylic acids is 1. The first kappa shape index (κ1) is 13.7. The maximum absolute atomic E-state index is 12.1. The van der Waals surface area contributed by atoms with Crippen molar-refractivity contribution in [3.63, 3.8) is 0 Å². The highest BCUT2D eigenvalue weighted by Gasteiger charge is 2.20. The van der Waals surface area contributed by atoms with Crippen LogP contribution in [0, 0.1) is 0 Å². The van der Waals surface area contributed by atoms with Crippen LogP contribution in [0.15, 0.2) is 39.6 Å². The molecule has 0 saturated heterocycles. The summed E-state index contributed by atoms with van der Waals surface area (Å²) in [7, 11) is 0. The highest BCUT2D eigenvalue weighted by atomic mass is 79.9. The van der Waals surface area contributed by atoms with Crippen molar-refractivity contribution in [3.8, 4) is 0 Å². The van der Waals surface area contributed by atoms with Gasteiger partial charge in [-0.2, -0.15) is 0 Å². The predicted octanol–water partition coefficient (Wildman–Crippen LogP) is 4.05. The third-order valence-corrected chi connectivity index (χ3v) is 4.63. The molecule has 1 aliphatic rings. The van der Waals surface area contributed by atoms with Gasteiger partial charge in [-0.25, -0.2) is 0 Å². The zero-order valence-corrected chi connectivity index (χ0v) is 13.0. The molecule has 1 aromatic heterocycles. The normalized spacial score (nSPS) is 16.2. The fourth-order valence-corrected chi connectivity index (χ4v) is 3.33. The van der Waals surface area contributed by atoms with Gasteiger partial charge < -0.3 is 9.73 Å². The number of rotatable bonds is 2. The zero-order chi connectivity index (χ0) is 14.1. The van der Waals surface area contributed by atoms with E-state index in [0.29, 0.717) is 4.67 Å². The molecule has 1 atom stereocenters. The standard InChI is InChI=1S/C15H13BrClNO2/c16-14-11(5-7-20-14)13(17)10-4-3-9-2-1-6-18-15(19)12(9)8-10/h3-5,7-8,13H,1-2,6H2,(H,18,19). The molecule has 2 heterocycles. The topological polar surface area (TPSA) is 42.2 Å². The molecule has 0 aliphatic carbocycles. The Hall–Kier alpha value is -1.26. The van der Waals surface area contributed by atoms with Crippen molar-refractivity contribution in [2.75, 3.05) is 6.54 Å². The van der Waals surface area contributed by atoms with Gasteiger partial charge in [0.2, 0.25) is 0 Å². The lowest BCUT2D eigenvalue weighted by Gasteiger charge is -2.12. The molecule has 1 N–H and O–H groups in total. The number of amides is 1. The summed E-state index contributed by atoms with van der Waals surface area (Å²) in [5.41, 5.74) is 3.56. The van der Waals surface area contributed by atoms with E-state index in [1.54, 1.807) is 6.26 Å².